The number of nitrogens with zero attached hydrogens (tertiary/aromatic N) is 2. The third-order valence-electron chi connectivity index (χ3n) is 6.40. The van der Waals surface area contributed by atoms with Crippen molar-refractivity contribution in [3.05, 3.63) is 70.5 Å². The molecule has 3 atom stereocenters. The lowest BCUT2D eigenvalue weighted by atomic mass is 9.78. The van der Waals surface area contributed by atoms with E-state index < -0.39 is 0 Å². The minimum atomic E-state index is -0.0768. The van der Waals surface area contributed by atoms with Crippen LogP contribution in [0.1, 0.15) is 38.7 Å². The van der Waals surface area contributed by atoms with Gasteiger partial charge in [-0.05, 0) is 36.0 Å². The summed E-state index contributed by atoms with van der Waals surface area (Å²) in [5, 5.41) is 4.39. The van der Waals surface area contributed by atoms with Crippen LogP contribution in [0.4, 0.5) is 0 Å². The molecule has 1 fully saturated rings. The van der Waals surface area contributed by atoms with Gasteiger partial charge in [-0.3, -0.25) is 14.2 Å². The number of fused-ring (bicyclic) bond motifs is 1. The van der Waals surface area contributed by atoms with Crippen molar-refractivity contribution in [3.63, 3.8) is 0 Å². The average Bonchev–Trinajstić information content (AvgIpc) is 2.78. The summed E-state index contributed by atoms with van der Waals surface area (Å²) in [6.07, 6.45) is 3.43. The number of benzene rings is 2. The molecule has 1 aliphatic rings. The zero-order valence-corrected chi connectivity index (χ0v) is 18.9. The van der Waals surface area contributed by atoms with Crippen LogP contribution in [0.3, 0.4) is 0 Å². The van der Waals surface area contributed by atoms with Gasteiger partial charge in [0.05, 0.1) is 23.2 Å². The molecule has 2 aromatic carbocycles. The Morgan fingerprint density at radius 2 is 1.84 bits per heavy atom. The fraction of sp³-hybridized carbons (Fsp3) is 0.400. The number of carbonyl (C=O) groups is 1. The molecule has 0 saturated heterocycles. The number of thioether (sulfide) groups is 1. The molecule has 1 aliphatic carbocycles. The highest BCUT2D eigenvalue weighted by molar-refractivity contribution is 7.99. The highest BCUT2D eigenvalue weighted by Gasteiger charge is 2.28. The zero-order chi connectivity index (χ0) is 21.8. The summed E-state index contributed by atoms with van der Waals surface area (Å²) in [6, 6.07) is 17.5. The van der Waals surface area contributed by atoms with Gasteiger partial charge in [-0.25, -0.2) is 4.98 Å². The van der Waals surface area contributed by atoms with Crippen LogP contribution in [0.25, 0.3) is 10.9 Å². The first-order valence-corrected chi connectivity index (χ1v) is 12.0. The van der Waals surface area contributed by atoms with Crippen LogP contribution in [0.5, 0.6) is 0 Å². The number of aromatic nitrogens is 2. The molecule has 31 heavy (non-hydrogen) atoms. The van der Waals surface area contributed by atoms with Gasteiger partial charge < -0.3 is 5.32 Å². The Kier molecular flexibility index (Phi) is 6.76. The van der Waals surface area contributed by atoms with Gasteiger partial charge in [-0.15, -0.1) is 0 Å². The number of hydrogen-bond acceptors (Lipinski definition) is 4. The Labute approximate surface area is 187 Å². The van der Waals surface area contributed by atoms with Gasteiger partial charge in [0, 0.05) is 6.04 Å². The molecule has 0 radical (unpaired) electrons. The van der Waals surface area contributed by atoms with Crippen LogP contribution in [-0.4, -0.2) is 27.3 Å². The van der Waals surface area contributed by atoms with E-state index in [2.05, 4.69) is 19.2 Å². The van der Waals surface area contributed by atoms with E-state index >= 15 is 0 Å². The Hall–Kier alpha value is -2.60. The van der Waals surface area contributed by atoms with Crippen molar-refractivity contribution in [2.45, 2.75) is 50.9 Å². The third-order valence-corrected chi connectivity index (χ3v) is 7.37. The van der Waals surface area contributed by atoms with Gasteiger partial charge in [-0.1, -0.05) is 80.9 Å². The lowest BCUT2D eigenvalue weighted by molar-refractivity contribution is -0.120. The lowest BCUT2D eigenvalue weighted by Crippen LogP contribution is -2.44. The molecule has 0 bridgehead atoms. The maximum absolute atomic E-state index is 13.2. The number of rotatable bonds is 6. The summed E-state index contributed by atoms with van der Waals surface area (Å²) >= 11 is 1.33. The Morgan fingerprint density at radius 1 is 1.10 bits per heavy atom. The highest BCUT2D eigenvalue weighted by Crippen LogP contribution is 2.29. The summed E-state index contributed by atoms with van der Waals surface area (Å²) < 4.78 is 1.68. The highest BCUT2D eigenvalue weighted by atomic mass is 32.2. The molecule has 162 valence electrons. The maximum atomic E-state index is 13.2. The predicted molar refractivity (Wildman–Crippen MR) is 126 cm³/mol. The fourth-order valence-electron chi connectivity index (χ4n) is 4.33. The van der Waals surface area contributed by atoms with E-state index in [0.717, 1.165) is 18.4 Å². The van der Waals surface area contributed by atoms with Gasteiger partial charge in [0.15, 0.2) is 5.16 Å². The molecular formula is C25H29N3O2S. The van der Waals surface area contributed by atoms with E-state index in [9.17, 15) is 9.59 Å². The summed E-state index contributed by atoms with van der Waals surface area (Å²) in [7, 11) is 0. The smallest absolute Gasteiger partial charge is 0.262 e. The van der Waals surface area contributed by atoms with Crippen LogP contribution in [0.2, 0.25) is 0 Å². The standard InChI is InChI=1S/C25H29N3O2S/c1-17-9-8-14-21(18(17)2)26-23(29)16-31-25-27-22-13-7-6-12-20(22)24(30)28(25)15-19-10-4-3-5-11-19/h3-7,10-13,17-18,21H,8-9,14-16H2,1-2H3,(H,26,29). The Bertz CT molecular complexity index is 1110. The number of amides is 1. The molecule has 6 heteroatoms. The van der Waals surface area contributed by atoms with E-state index in [0.29, 0.717) is 34.4 Å². The minimum absolute atomic E-state index is 0.00428. The van der Waals surface area contributed by atoms with Crippen molar-refractivity contribution in [1.29, 1.82) is 0 Å². The first-order chi connectivity index (χ1) is 15.0. The molecule has 3 unspecified atom stereocenters. The van der Waals surface area contributed by atoms with Crippen molar-refractivity contribution >= 4 is 28.6 Å². The molecule has 1 N–H and O–H groups in total. The Balaban J connectivity index is 1.55. The monoisotopic (exact) mass is 435 g/mol. The Morgan fingerprint density at radius 3 is 2.65 bits per heavy atom. The second-order valence-corrected chi connectivity index (χ2v) is 9.46. The van der Waals surface area contributed by atoms with Gasteiger partial charge in [0.1, 0.15) is 0 Å². The molecule has 1 saturated carbocycles. The van der Waals surface area contributed by atoms with Crippen LogP contribution < -0.4 is 10.9 Å². The van der Waals surface area contributed by atoms with Crippen LogP contribution in [0, 0.1) is 11.8 Å². The van der Waals surface area contributed by atoms with E-state index in [1.807, 2.05) is 48.5 Å². The zero-order valence-electron chi connectivity index (χ0n) is 18.1. The van der Waals surface area contributed by atoms with Crippen LogP contribution in [0.15, 0.2) is 64.5 Å². The molecule has 1 amide bonds. The van der Waals surface area contributed by atoms with E-state index in [-0.39, 0.29) is 23.3 Å². The van der Waals surface area contributed by atoms with E-state index in [1.165, 1.54) is 18.2 Å². The normalized spacial score (nSPS) is 21.2. The molecule has 0 spiro atoms. The lowest BCUT2D eigenvalue weighted by Gasteiger charge is -2.34. The third kappa shape index (κ3) is 5.01. The summed E-state index contributed by atoms with van der Waals surface area (Å²) in [6.45, 7) is 4.92. The molecule has 3 aromatic rings. The van der Waals surface area contributed by atoms with Gasteiger partial charge in [0.25, 0.3) is 5.56 Å². The molecule has 5 nitrogen and oxygen atoms in total. The van der Waals surface area contributed by atoms with Gasteiger partial charge in [-0.2, -0.15) is 0 Å². The van der Waals surface area contributed by atoms with E-state index in [1.54, 1.807) is 10.6 Å². The molecule has 4 rings (SSSR count). The molecule has 0 aliphatic heterocycles. The fourth-order valence-corrected chi connectivity index (χ4v) is 5.14. The van der Waals surface area contributed by atoms with E-state index in [4.69, 9.17) is 4.98 Å². The second-order valence-electron chi connectivity index (χ2n) is 8.52. The molecular weight excluding hydrogens is 406 g/mol. The quantitative estimate of drug-likeness (QED) is 0.458. The first-order valence-electron chi connectivity index (χ1n) is 11.0. The van der Waals surface area contributed by atoms with Crippen molar-refractivity contribution in [3.8, 4) is 0 Å². The topological polar surface area (TPSA) is 64.0 Å². The summed E-state index contributed by atoms with van der Waals surface area (Å²) in [4.78, 5) is 30.6. The number of hydrogen-bond donors (Lipinski definition) is 1. The maximum Gasteiger partial charge on any atom is 0.262 e. The minimum Gasteiger partial charge on any atom is -0.352 e. The van der Waals surface area contributed by atoms with Crippen molar-refractivity contribution in [2.75, 3.05) is 5.75 Å². The van der Waals surface area contributed by atoms with Crippen LogP contribution >= 0.6 is 11.8 Å². The first kappa shape index (κ1) is 21.6. The SMILES string of the molecule is CC1CCCC(NC(=O)CSc2nc3ccccc3c(=O)n2Cc2ccccc2)C1C. The van der Waals surface area contributed by atoms with Crippen molar-refractivity contribution < 1.29 is 4.79 Å². The van der Waals surface area contributed by atoms with Crippen LogP contribution in [-0.2, 0) is 11.3 Å². The summed E-state index contributed by atoms with van der Waals surface area (Å²) in [5.41, 5.74) is 1.61. The largest absolute Gasteiger partial charge is 0.352 e. The number of nitrogens with one attached hydrogen (secondary N) is 1. The second kappa shape index (κ2) is 9.69. The predicted octanol–water partition coefficient (Wildman–Crippen LogP) is 4.48. The average molecular weight is 436 g/mol. The van der Waals surface area contributed by atoms with Gasteiger partial charge in [0.2, 0.25) is 5.91 Å². The number of para-hydroxylation sites is 1. The number of carbonyl (C=O) groups excluding carboxylic acids is 1. The van der Waals surface area contributed by atoms with Crippen molar-refractivity contribution in [1.82, 2.24) is 14.9 Å². The van der Waals surface area contributed by atoms with Gasteiger partial charge >= 0.3 is 0 Å². The van der Waals surface area contributed by atoms with Crippen molar-refractivity contribution in [2.24, 2.45) is 11.8 Å². The summed E-state index contributed by atoms with van der Waals surface area (Å²) in [5.74, 6) is 1.37. The molecule has 1 aromatic heterocycles. The molecule has 1 heterocycles.